The van der Waals surface area contributed by atoms with Crippen LogP contribution in [0.2, 0.25) is 0 Å². The van der Waals surface area contributed by atoms with E-state index < -0.39 is 0 Å². The average molecular weight is 283 g/mol. The van der Waals surface area contributed by atoms with Gasteiger partial charge in [0.1, 0.15) is 11.6 Å². The van der Waals surface area contributed by atoms with Crippen molar-refractivity contribution in [2.45, 2.75) is 0 Å². The van der Waals surface area contributed by atoms with Crippen molar-refractivity contribution >= 4 is 17.4 Å². The zero-order valence-corrected chi connectivity index (χ0v) is 11.3. The molecule has 0 aliphatic rings. The van der Waals surface area contributed by atoms with E-state index in [1.807, 2.05) is 6.07 Å². The molecule has 0 aliphatic heterocycles. The number of amides is 1. The quantitative estimate of drug-likeness (QED) is 0.579. The first-order chi connectivity index (χ1) is 10.2. The summed E-state index contributed by atoms with van der Waals surface area (Å²) in [5.41, 5.74) is 3.68. The van der Waals surface area contributed by atoms with Crippen molar-refractivity contribution in [1.82, 2.24) is 4.98 Å². The zero-order valence-electron chi connectivity index (χ0n) is 11.3. The van der Waals surface area contributed by atoms with Crippen LogP contribution in [0.15, 0.2) is 36.5 Å². The maximum atomic E-state index is 12.1. The minimum atomic E-state index is -0.339. The highest BCUT2D eigenvalue weighted by molar-refractivity contribution is 6.05. The van der Waals surface area contributed by atoms with Crippen LogP contribution in [-0.2, 0) is 0 Å². The first-order valence-corrected chi connectivity index (χ1v) is 6.00. The van der Waals surface area contributed by atoms with E-state index in [2.05, 4.69) is 15.7 Å². The second-order valence-electron chi connectivity index (χ2n) is 4.06. The van der Waals surface area contributed by atoms with E-state index in [0.29, 0.717) is 28.4 Å². The van der Waals surface area contributed by atoms with Gasteiger partial charge in [-0.3, -0.25) is 4.79 Å². The molecule has 106 valence electrons. The number of nitrogens with two attached hydrogens (primary N) is 1. The number of hydrazine groups is 1. The van der Waals surface area contributed by atoms with Crippen LogP contribution in [0.1, 0.15) is 15.9 Å². The molecular formula is C14H13N5O2. The molecule has 4 N–H and O–H groups in total. The van der Waals surface area contributed by atoms with Gasteiger partial charge in [0.05, 0.1) is 30.0 Å². The van der Waals surface area contributed by atoms with Gasteiger partial charge >= 0.3 is 0 Å². The van der Waals surface area contributed by atoms with Crippen LogP contribution in [0.5, 0.6) is 5.75 Å². The van der Waals surface area contributed by atoms with Crippen molar-refractivity contribution in [1.29, 1.82) is 5.26 Å². The van der Waals surface area contributed by atoms with Gasteiger partial charge in [0.2, 0.25) is 0 Å². The van der Waals surface area contributed by atoms with Gasteiger partial charge in [-0.1, -0.05) is 0 Å². The van der Waals surface area contributed by atoms with Gasteiger partial charge in [-0.05, 0) is 24.3 Å². The summed E-state index contributed by atoms with van der Waals surface area (Å²) in [5.74, 6) is 5.74. The third-order valence-electron chi connectivity index (χ3n) is 2.75. The number of pyridine rings is 1. The number of hydrogen-bond acceptors (Lipinski definition) is 6. The Labute approximate surface area is 121 Å². The number of carbonyl (C=O) groups is 1. The Morgan fingerprint density at radius 1 is 1.38 bits per heavy atom. The summed E-state index contributed by atoms with van der Waals surface area (Å²) >= 11 is 0. The molecule has 0 saturated heterocycles. The number of nitrogens with zero attached hydrogens (tertiary/aromatic N) is 2. The Morgan fingerprint density at radius 3 is 2.76 bits per heavy atom. The Morgan fingerprint density at radius 2 is 2.19 bits per heavy atom. The lowest BCUT2D eigenvalue weighted by atomic mass is 10.2. The molecule has 0 bridgehead atoms. The van der Waals surface area contributed by atoms with Gasteiger partial charge in [-0.15, -0.1) is 0 Å². The van der Waals surface area contributed by atoms with E-state index in [9.17, 15) is 4.79 Å². The lowest BCUT2D eigenvalue weighted by Crippen LogP contribution is -2.14. The summed E-state index contributed by atoms with van der Waals surface area (Å²) in [4.78, 5) is 16.1. The smallest absolute Gasteiger partial charge is 0.257 e. The summed E-state index contributed by atoms with van der Waals surface area (Å²) in [7, 11) is 1.47. The summed E-state index contributed by atoms with van der Waals surface area (Å²) in [5, 5.41) is 11.5. The highest BCUT2D eigenvalue weighted by atomic mass is 16.5. The zero-order chi connectivity index (χ0) is 15.2. The number of nitriles is 1. The van der Waals surface area contributed by atoms with Crippen LogP contribution in [0.4, 0.5) is 11.5 Å². The number of carbonyl (C=O) groups excluding carboxylic acids is 1. The number of ether oxygens (including phenoxy) is 1. The first-order valence-electron chi connectivity index (χ1n) is 6.00. The van der Waals surface area contributed by atoms with Crippen LogP contribution in [0, 0.1) is 11.3 Å². The van der Waals surface area contributed by atoms with Crippen molar-refractivity contribution in [2.24, 2.45) is 5.84 Å². The minimum Gasteiger partial charge on any atom is -0.495 e. The summed E-state index contributed by atoms with van der Waals surface area (Å²) < 4.78 is 5.15. The fraction of sp³-hybridized carbons (Fsp3) is 0.0714. The van der Waals surface area contributed by atoms with Crippen LogP contribution in [0.3, 0.4) is 0 Å². The molecule has 2 rings (SSSR count). The number of rotatable bonds is 4. The van der Waals surface area contributed by atoms with Crippen LogP contribution >= 0.6 is 0 Å². The number of aromatic nitrogens is 1. The molecule has 0 saturated carbocycles. The van der Waals surface area contributed by atoms with Crippen LogP contribution in [0.25, 0.3) is 0 Å². The van der Waals surface area contributed by atoms with Crippen molar-refractivity contribution in [2.75, 3.05) is 17.9 Å². The Kier molecular flexibility index (Phi) is 4.33. The highest BCUT2D eigenvalue weighted by Gasteiger charge is 2.11. The van der Waals surface area contributed by atoms with E-state index in [1.54, 1.807) is 30.3 Å². The van der Waals surface area contributed by atoms with Crippen molar-refractivity contribution < 1.29 is 9.53 Å². The van der Waals surface area contributed by atoms with Crippen molar-refractivity contribution in [3.8, 4) is 11.8 Å². The number of nitrogens with one attached hydrogen (secondary N) is 2. The molecule has 0 fully saturated rings. The van der Waals surface area contributed by atoms with Gasteiger partial charge in [-0.2, -0.15) is 5.26 Å². The maximum Gasteiger partial charge on any atom is 0.257 e. The van der Waals surface area contributed by atoms with Crippen molar-refractivity contribution in [3.63, 3.8) is 0 Å². The predicted molar refractivity (Wildman–Crippen MR) is 77.7 cm³/mol. The second-order valence-corrected chi connectivity index (χ2v) is 4.06. The number of benzene rings is 1. The molecule has 1 heterocycles. The first kappa shape index (κ1) is 14.3. The van der Waals surface area contributed by atoms with Gasteiger partial charge in [0, 0.05) is 12.3 Å². The molecule has 1 aromatic carbocycles. The second kappa shape index (κ2) is 6.36. The molecule has 1 aromatic heterocycles. The largest absolute Gasteiger partial charge is 0.495 e. The molecule has 7 heteroatoms. The van der Waals surface area contributed by atoms with Crippen molar-refractivity contribution in [3.05, 3.63) is 47.7 Å². The highest BCUT2D eigenvalue weighted by Crippen LogP contribution is 2.25. The summed E-state index contributed by atoms with van der Waals surface area (Å²) in [6.07, 6.45) is 1.40. The molecule has 21 heavy (non-hydrogen) atoms. The van der Waals surface area contributed by atoms with Gasteiger partial charge in [-0.25, -0.2) is 10.8 Å². The molecule has 7 nitrogen and oxygen atoms in total. The Balaban J connectivity index is 2.20. The average Bonchev–Trinajstić information content (AvgIpc) is 2.55. The number of methoxy groups -OCH3 is 1. The fourth-order valence-corrected chi connectivity index (χ4v) is 1.67. The third kappa shape index (κ3) is 3.26. The lowest BCUT2D eigenvalue weighted by molar-refractivity contribution is 0.102. The monoisotopic (exact) mass is 283 g/mol. The minimum absolute atomic E-state index is 0.339. The topological polar surface area (TPSA) is 113 Å². The van der Waals surface area contributed by atoms with Gasteiger partial charge < -0.3 is 15.5 Å². The fourth-order valence-electron chi connectivity index (χ4n) is 1.67. The van der Waals surface area contributed by atoms with E-state index >= 15 is 0 Å². The van der Waals surface area contributed by atoms with E-state index in [1.165, 1.54) is 13.3 Å². The normalized spacial score (nSPS) is 9.57. The Bertz CT molecular complexity index is 692. The van der Waals surface area contributed by atoms with Gasteiger partial charge in [0.25, 0.3) is 5.91 Å². The van der Waals surface area contributed by atoms with E-state index in [-0.39, 0.29) is 5.91 Å². The van der Waals surface area contributed by atoms with Crippen LogP contribution < -0.4 is 21.3 Å². The molecule has 0 atom stereocenters. The summed E-state index contributed by atoms with van der Waals surface area (Å²) in [6, 6.07) is 9.94. The van der Waals surface area contributed by atoms with Crippen LogP contribution in [-0.4, -0.2) is 18.0 Å². The Hall–Kier alpha value is -3.11. The standard InChI is InChI=1S/C14H13N5O2/c1-21-12-6-9(7-15)2-4-11(12)18-14(20)10-3-5-13(19-16)17-8-10/h2-6,8H,16H2,1H3,(H,17,19)(H,18,20). The molecule has 0 aliphatic carbocycles. The summed E-state index contributed by atoms with van der Waals surface area (Å²) in [6.45, 7) is 0. The molecule has 0 radical (unpaired) electrons. The van der Waals surface area contributed by atoms with Gasteiger partial charge in [0.15, 0.2) is 0 Å². The SMILES string of the molecule is COc1cc(C#N)ccc1NC(=O)c1ccc(NN)nc1. The number of hydrogen-bond donors (Lipinski definition) is 3. The van der Waals surface area contributed by atoms with E-state index in [0.717, 1.165) is 0 Å². The molecule has 0 unspecified atom stereocenters. The predicted octanol–water partition coefficient (Wildman–Crippen LogP) is 1.50. The lowest BCUT2D eigenvalue weighted by Gasteiger charge is -2.10. The van der Waals surface area contributed by atoms with E-state index in [4.69, 9.17) is 15.8 Å². The number of nitrogen functional groups attached to an aromatic ring is 1. The number of anilines is 2. The third-order valence-corrected chi connectivity index (χ3v) is 2.75. The molecule has 2 aromatic rings. The maximum absolute atomic E-state index is 12.1. The molecule has 1 amide bonds. The molecular weight excluding hydrogens is 270 g/mol. The molecule has 0 spiro atoms.